The summed E-state index contributed by atoms with van der Waals surface area (Å²) in [7, 11) is 1.95. The van der Waals surface area contributed by atoms with Crippen LogP contribution in [0, 0.1) is 11.7 Å². The number of rotatable bonds is 4. The van der Waals surface area contributed by atoms with Crippen LogP contribution in [-0.4, -0.2) is 47.7 Å². The summed E-state index contributed by atoms with van der Waals surface area (Å²) >= 11 is 0. The number of carbonyl (C=O) groups excluding carboxylic acids is 1. The van der Waals surface area contributed by atoms with Gasteiger partial charge < -0.3 is 10.2 Å². The van der Waals surface area contributed by atoms with E-state index in [1.165, 1.54) is 12.3 Å². The lowest BCUT2D eigenvalue weighted by Gasteiger charge is -2.31. The molecule has 122 valence electrons. The molecule has 0 radical (unpaired) electrons. The Morgan fingerprint density at radius 3 is 2.83 bits per heavy atom. The molecule has 0 atom stereocenters. The Balaban J connectivity index is 1.77. The van der Waals surface area contributed by atoms with Crippen molar-refractivity contribution in [3.8, 4) is 11.3 Å². The minimum absolute atomic E-state index is 0.0834. The Bertz CT molecular complexity index is 677. The van der Waals surface area contributed by atoms with Crippen molar-refractivity contribution in [1.29, 1.82) is 0 Å². The normalized spacial score (nSPS) is 15.8. The van der Waals surface area contributed by atoms with Crippen LogP contribution in [0.15, 0.2) is 30.5 Å². The Morgan fingerprint density at radius 2 is 2.13 bits per heavy atom. The quantitative estimate of drug-likeness (QED) is 0.910. The number of hydrogen-bond acceptors (Lipinski definition) is 3. The maximum absolute atomic E-state index is 14.0. The highest BCUT2D eigenvalue weighted by Gasteiger charge is 2.26. The van der Waals surface area contributed by atoms with E-state index in [1.807, 2.05) is 11.9 Å². The van der Waals surface area contributed by atoms with E-state index in [1.54, 1.807) is 18.2 Å². The number of amides is 1. The lowest BCUT2D eigenvalue weighted by atomic mass is 9.96. The van der Waals surface area contributed by atoms with Crippen LogP contribution in [-0.2, 0) is 0 Å². The summed E-state index contributed by atoms with van der Waals surface area (Å²) in [6.45, 7) is 2.44. The second-order valence-corrected chi connectivity index (χ2v) is 5.93. The molecule has 3 rings (SSSR count). The molecule has 0 spiro atoms. The van der Waals surface area contributed by atoms with Crippen molar-refractivity contribution in [2.45, 2.75) is 12.8 Å². The highest BCUT2D eigenvalue weighted by atomic mass is 19.1. The minimum atomic E-state index is -0.362. The molecule has 1 amide bonds. The molecule has 2 heterocycles. The highest BCUT2D eigenvalue weighted by Crippen LogP contribution is 2.26. The Morgan fingerprint density at radius 1 is 1.39 bits per heavy atom. The second kappa shape index (κ2) is 6.91. The first-order valence-electron chi connectivity index (χ1n) is 7.93. The van der Waals surface area contributed by atoms with E-state index in [9.17, 15) is 9.18 Å². The predicted octanol–water partition coefficient (Wildman–Crippen LogP) is 2.29. The topological polar surface area (TPSA) is 61.0 Å². The van der Waals surface area contributed by atoms with Crippen LogP contribution in [0.2, 0.25) is 0 Å². The number of aromatic amines is 1. The maximum Gasteiger partial charge on any atom is 0.257 e. The first-order chi connectivity index (χ1) is 11.2. The molecule has 2 aromatic rings. The smallest absolute Gasteiger partial charge is 0.257 e. The van der Waals surface area contributed by atoms with Gasteiger partial charge in [-0.05, 0) is 44.5 Å². The summed E-state index contributed by atoms with van der Waals surface area (Å²) in [4.78, 5) is 14.6. The standard InChI is InChI=1S/C17H21FN4O/c1-19-10-12-6-8-22(9-7-12)17(23)14-11-20-21-16(14)13-4-2-3-5-15(13)18/h2-5,11-12,19H,6-10H2,1H3,(H,20,21). The minimum Gasteiger partial charge on any atom is -0.339 e. The molecule has 2 N–H and O–H groups in total. The van der Waals surface area contributed by atoms with Crippen LogP contribution in [0.1, 0.15) is 23.2 Å². The zero-order valence-corrected chi connectivity index (χ0v) is 13.2. The molecule has 0 unspecified atom stereocenters. The molecule has 5 nitrogen and oxygen atoms in total. The summed E-state index contributed by atoms with van der Waals surface area (Å²) in [6, 6.07) is 6.41. The molecule has 1 aliphatic rings. The Hall–Kier alpha value is -2.21. The average molecular weight is 316 g/mol. The average Bonchev–Trinajstić information content (AvgIpc) is 3.05. The summed E-state index contributed by atoms with van der Waals surface area (Å²) in [6.07, 6.45) is 3.46. The molecule has 1 aromatic carbocycles. The van der Waals surface area contributed by atoms with Gasteiger partial charge in [-0.25, -0.2) is 4.39 Å². The van der Waals surface area contributed by atoms with Gasteiger partial charge in [-0.15, -0.1) is 0 Å². The van der Waals surface area contributed by atoms with Crippen molar-refractivity contribution < 1.29 is 9.18 Å². The SMILES string of the molecule is CNCC1CCN(C(=O)c2cn[nH]c2-c2ccccc2F)CC1. The number of benzene rings is 1. The van der Waals surface area contributed by atoms with Crippen molar-refractivity contribution in [2.75, 3.05) is 26.7 Å². The van der Waals surface area contributed by atoms with Gasteiger partial charge in [0.25, 0.3) is 5.91 Å². The summed E-state index contributed by atoms with van der Waals surface area (Å²) in [5, 5.41) is 9.90. The lowest BCUT2D eigenvalue weighted by Crippen LogP contribution is -2.40. The molecular formula is C17H21FN4O. The second-order valence-electron chi connectivity index (χ2n) is 5.93. The summed E-state index contributed by atoms with van der Waals surface area (Å²) in [5.41, 5.74) is 1.26. The first-order valence-corrected chi connectivity index (χ1v) is 7.93. The van der Waals surface area contributed by atoms with Crippen molar-refractivity contribution in [3.05, 3.63) is 41.8 Å². The number of halogens is 1. The zero-order chi connectivity index (χ0) is 16.2. The van der Waals surface area contributed by atoms with E-state index in [-0.39, 0.29) is 11.7 Å². The molecular weight excluding hydrogens is 295 g/mol. The van der Waals surface area contributed by atoms with Gasteiger partial charge in [0.1, 0.15) is 5.82 Å². The monoisotopic (exact) mass is 316 g/mol. The number of aromatic nitrogens is 2. The third kappa shape index (κ3) is 3.27. The predicted molar refractivity (Wildman–Crippen MR) is 86.5 cm³/mol. The molecule has 1 fully saturated rings. The molecule has 1 aromatic heterocycles. The zero-order valence-electron chi connectivity index (χ0n) is 13.2. The van der Waals surface area contributed by atoms with Crippen LogP contribution < -0.4 is 5.32 Å². The number of H-pyrrole nitrogens is 1. The summed E-state index contributed by atoms with van der Waals surface area (Å²) < 4.78 is 14.0. The third-order valence-electron chi connectivity index (χ3n) is 4.41. The van der Waals surface area contributed by atoms with Gasteiger partial charge in [-0.3, -0.25) is 9.89 Å². The fraction of sp³-hybridized carbons (Fsp3) is 0.412. The van der Waals surface area contributed by atoms with Crippen molar-refractivity contribution in [1.82, 2.24) is 20.4 Å². The lowest BCUT2D eigenvalue weighted by molar-refractivity contribution is 0.0692. The van der Waals surface area contributed by atoms with Crippen LogP contribution in [0.3, 0.4) is 0 Å². The van der Waals surface area contributed by atoms with Gasteiger partial charge in [-0.1, -0.05) is 12.1 Å². The molecule has 0 aliphatic carbocycles. The number of piperidine rings is 1. The largest absolute Gasteiger partial charge is 0.339 e. The maximum atomic E-state index is 14.0. The van der Waals surface area contributed by atoms with Crippen LogP contribution in [0.5, 0.6) is 0 Å². The molecule has 1 saturated heterocycles. The number of nitrogens with zero attached hydrogens (tertiary/aromatic N) is 2. The van der Waals surface area contributed by atoms with Crippen molar-refractivity contribution >= 4 is 5.91 Å². The van der Waals surface area contributed by atoms with Gasteiger partial charge in [-0.2, -0.15) is 5.10 Å². The van der Waals surface area contributed by atoms with Crippen molar-refractivity contribution in [3.63, 3.8) is 0 Å². The van der Waals surface area contributed by atoms with E-state index >= 15 is 0 Å². The first kappa shape index (κ1) is 15.7. The van der Waals surface area contributed by atoms with Crippen molar-refractivity contribution in [2.24, 2.45) is 5.92 Å². The molecule has 6 heteroatoms. The van der Waals surface area contributed by atoms with Crippen LogP contribution in [0.25, 0.3) is 11.3 Å². The van der Waals surface area contributed by atoms with Gasteiger partial charge in [0.2, 0.25) is 0 Å². The third-order valence-corrected chi connectivity index (χ3v) is 4.41. The number of nitrogens with one attached hydrogen (secondary N) is 2. The summed E-state index contributed by atoms with van der Waals surface area (Å²) in [5.74, 6) is 0.165. The number of hydrogen-bond donors (Lipinski definition) is 2. The Labute approximate surface area is 134 Å². The molecule has 0 saturated carbocycles. The van der Waals surface area contributed by atoms with Gasteiger partial charge in [0, 0.05) is 18.7 Å². The van der Waals surface area contributed by atoms with E-state index in [0.29, 0.717) is 22.7 Å². The van der Waals surface area contributed by atoms with E-state index < -0.39 is 0 Å². The Kier molecular flexibility index (Phi) is 4.71. The van der Waals surface area contributed by atoms with E-state index in [4.69, 9.17) is 0 Å². The van der Waals surface area contributed by atoms with Crippen LogP contribution in [0.4, 0.5) is 4.39 Å². The van der Waals surface area contributed by atoms with E-state index in [0.717, 1.165) is 32.5 Å². The fourth-order valence-electron chi connectivity index (χ4n) is 3.12. The van der Waals surface area contributed by atoms with Gasteiger partial charge in [0.05, 0.1) is 17.5 Å². The molecule has 23 heavy (non-hydrogen) atoms. The fourth-order valence-corrected chi connectivity index (χ4v) is 3.12. The van der Waals surface area contributed by atoms with Gasteiger partial charge in [0.15, 0.2) is 0 Å². The molecule has 0 bridgehead atoms. The highest BCUT2D eigenvalue weighted by molar-refractivity contribution is 5.99. The molecule has 1 aliphatic heterocycles. The number of carbonyl (C=O) groups is 1. The van der Waals surface area contributed by atoms with E-state index in [2.05, 4.69) is 15.5 Å². The number of likely N-dealkylation sites (tertiary alicyclic amines) is 1. The van der Waals surface area contributed by atoms with Crippen LogP contribution >= 0.6 is 0 Å². The van der Waals surface area contributed by atoms with Gasteiger partial charge >= 0.3 is 0 Å².